The van der Waals surface area contributed by atoms with Gasteiger partial charge in [0.25, 0.3) is 0 Å². The molecule has 0 spiro atoms. The quantitative estimate of drug-likeness (QED) is 0.707. The van der Waals surface area contributed by atoms with Crippen LogP contribution in [-0.4, -0.2) is 12.6 Å². The molecule has 106 valence electrons. The van der Waals surface area contributed by atoms with Crippen molar-refractivity contribution in [2.75, 3.05) is 6.54 Å². The lowest BCUT2D eigenvalue weighted by Crippen LogP contribution is -2.35. The molecule has 0 saturated heterocycles. The van der Waals surface area contributed by atoms with E-state index in [-0.39, 0.29) is 0 Å². The van der Waals surface area contributed by atoms with Crippen LogP contribution in [0.1, 0.15) is 57.4 Å². The summed E-state index contributed by atoms with van der Waals surface area (Å²) in [5.74, 6) is 0.933. The van der Waals surface area contributed by atoms with Crippen LogP contribution in [0.2, 0.25) is 0 Å². The molecule has 0 amide bonds. The van der Waals surface area contributed by atoms with Crippen molar-refractivity contribution in [1.29, 1.82) is 0 Å². The number of hydrogen-bond donors (Lipinski definition) is 1. The average Bonchev–Trinajstić information content (AvgIpc) is 2.49. The van der Waals surface area contributed by atoms with Crippen LogP contribution in [0.5, 0.6) is 0 Å². The van der Waals surface area contributed by atoms with Gasteiger partial charge in [-0.25, -0.2) is 0 Å². The molecule has 1 aliphatic carbocycles. The summed E-state index contributed by atoms with van der Waals surface area (Å²) in [6.45, 7) is 3.57. The molecule has 2 rings (SSSR count). The van der Waals surface area contributed by atoms with Crippen LogP contribution in [0.25, 0.3) is 0 Å². The van der Waals surface area contributed by atoms with Gasteiger partial charge >= 0.3 is 0 Å². The second-order valence-electron chi connectivity index (χ2n) is 6.08. The van der Waals surface area contributed by atoms with Gasteiger partial charge in [-0.1, -0.05) is 49.6 Å². The van der Waals surface area contributed by atoms with Crippen molar-refractivity contribution >= 4 is 0 Å². The summed E-state index contributed by atoms with van der Waals surface area (Å²) in [5, 5.41) is 3.74. The Balaban J connectivity index is 1.54. The fourth-order valence-electron chi connectivity index (χ4n) is 3.23. The predicted octanol–water partition coefficient (Wildman–Crippen LogP) is 4.57. The molecule has 0 radical (unpaired) electrons. The third kappa shape index (κ3) is 5.36. The van der Waals surface area contributed by atoms with Gasteiger partial charge in [-0.15, -0.1) is 0 Å². The molecule has 1 saturated carbocycles. The van der Waals surface area contributed by atoms with Crippen molar-refractivity contribution in [3.8, 4) is 0 Å². The Morgan fingerprint density at radius 2 is 1.79 bits per heavy atom. The molecule has 1 fully saturated rings. The summed E-state index contributed by atoms with van der Waals surface area (Å²) < 4.78 is 0. The van der Waals surface area contributed by atoms with Crippen molar-refractivity contribution in [3.63, 3.8) is 0 Å². The van der Waals surface area contributed by atoms with E-state index in [9.17, 15) is 0 Å². The Hall–Kier alpha value is -0.820. The van der Waals surface area contributed by atoms with Crippen LogP contribution in [-0.2, 0) is 6.42 Å². The highest BCUT2D eigenvalue weighted by Crippen LogP contribution is 2.26. The van der Waals surface area contributed by atoms with Gasteiger partial charge in [0.2, 0.25) is 0 Å². The van der Waals surface area contributed by atoms with Crippen LogP contribution < -0.4 is 5.32 Å². The van der Waals surface area contributed by atoms with Crippen LogP contribution in [0, 0.1) is 5.92 Å². The molecule has 0 heterocycles. The SMILES string of the molecule is C[C@@H](NCCCCc1ccccc1)C1CCCCC1. The standard InChI is InChI=1S/C18H29N/c1-16(18-13-6-3-7-14-18)19-15-9-8-12-17-10-4-2-5-11-17/h2,4-5,10-11,16,18-19H,3,6-9,12-15H2,1H3/t16-/m1/s1. The summed E-state index contributed by atoms with van der Waals surface area (Å²) in [4.78, 5) is 0. The number of aryl methyl sites for hydroxylation is 1. The van der Waals surface area contributed by atoms with Crippen molar-refractivity contribution in [2.24, 2.45) is 5.92 Å². The van der Waals surface area contributed by atoms with E-state index in [1.54, 1.807) is 0 Å². The van der Waals surface area contributed by atoms with E-state index in [1.807, 2.05) is 0 Å². The molecule has 1 heteroatoms. The number of nitrogens with one attached hydrogen (secondary N) is 1. The van der Waals surface area contributed by atoms with Crippen LogP contribution in [0.3, 0.4) is 0 Å². The van der Waals surface area contributed by atoms with E-state index in [0.717, 1.165) is 12.0 Å². The first kappa shape index (κ1) is 14.6. The summed E-state index contributed by atoms with van der Waals surface area (Å²) in [6, 6.07) is 11.6. The van der Waals surface area contributed by atoms with Crippen molar-refractivity contribution in [3.05, 3.63) is 35.9 Å². The van der Waals surface area contributed by atoms with Gasteiger partial charge in [0.1, 0.15) is 0 Å². The molecule has 0 unspecified atom stereocenters. The van der Waals surface area contributed by atoms with Gasteiger partial charge in [-0.05, 0) is 57.1 Å². The largest absolute Gasteiger partial charge is 0.314 e. The minimum Gasteiger partial charge on any atom is -0.314 e. The highest BCUT2D eigenvalue weighted by Gasteiger charge is 2.18. The van der Waals surface area contributed by atoms with Crippen molar-refractivity contribution in [2.45, 2.75) is 64.3 Å². The maximum absolute atomic E-state index is 3.74. The molecular formula is C18H29N. The molecule has 0 bridgehead atoms. The van der Waals surface area contributed by atoms with E-state index < -0.39 is 0 Å². The predicted molar refractivity (Wildman–Crippen MR) is 83.4 cm³/mol. The molecule has 1 atom stereocenters. The zero-order valence-electron chi connectivity index (χ0n) is 12.4. The summed E-state index contributed by atoms with van der Waals surface area (Å²) in [7, 11) is 0. The molecule has 1 aromatic carbocycles. The molecular weight excluding hydrogens is 230 g/mol. The smallest absolute Gasteiger partial charge is 0.00669 e. The molecule has 1 aliphatic rings. The number of rotatable bonds is 7. The topological polar surface area (TPSA) is 12.0 Å². The minimum atomic E-state index is 0.719. The molecule has 0 aliphatic heterocycles. The Bertz CT molecular complexity index is 327. The van der Waals surface area contributed by atoms with E-state index in [4.69, 9.17) is 0 Å². The lowest BCUT2D eigenvalue weighted by atomic mass is 9.84. The van der Waals surface area contributed by atoms with Crippen LogP contribution in [0.4, 0.5) is 0 Å². The van der Waals surface area contributed by atoms with Gasteiger partial charge in [-0.2, -0.15) is 0 Å². The molecule has 1 N–H and O–H groups in total. The second kappa shape index (κ2) is 8.37. The molecule has 1 nitrogen and oxygen atoms in total. The van der Waals surface area contributed by atoms with Crippen LogP contribution >= 0.6 is 0 Å². The number of unbranched alkanes of at least 4 members (excludes halogenated alkanes) is 1. The molecule has 1 aromatic rings. The minimum absolute atomic E-state index is 0.719. The first-order chi connectivity index (χ1) is 9.36. The Labute approximate surface area is 118 Å². The monoisotopic (exact) mass is 259 g/mol. The Morgan fingerprint density at radius 1 is 1.05 bits per heavy atom. The third-order valence-electron chi connectivity index (χ3n) is 4.56. The number of benzene rings is 1. The zero-order chi connectivity index (χ0) is 13.3. The van der Waals surface area contributed by atoms with Gasteiger partial charge in [-0.3, -0.25) is 0 Å². The molecule has 19 heavy (non-hydrogen) atoms. The fourth-order valence-corrected chi connectivity index (χ4v) is 3.23. The highest BCUT2D eigenvalue weighted by atomic mass is 14.9. The first-order valence-corrected chi connectivity index (χ1v) is 8.13. The van der Waals surface area contributed by atoms with Gasteiger partial charge in [0, 0.05) is 6.04 Å². The maximum atomic E-state index is 3.74. The lowest BCUT2D eigenvalue weighted by molar-refractivity contribution is 0.281. The zero-order valence-corrected chi connectivity index (χ0v) is 12.4. The van der Waals surface area contributed by atoms with Crippen molar-refractivity contribution < 1.29 is 0 Å². The Kier molecular flexibility index (Phi) is 6.43. The van der Waals surface area contributed by atoms with Gasteiger partial charge < -0.3 is 5.32 Å². The van der Waals surface area contributed by atoms with Crippen molar-refractivity contribution in [1.82, 2.24) is 5.32 Å². The maximum Gasteiger partial charge on any atom is 0.00669 e. The van der Waals surface area contributed by atoms with Gasteiger partial charge in [0.15, 0.2) is 0 Å². The van der Waals surface area contributed by atoms with Crippen LogP contribution in [0.15, 0.2) is 30.3 Å². The fraction of sp³-hybridized carbons (Fsp3) is 0.667. The Morgan fingerprint density at radius 3 is 2.53 bits per heavy atom. The summed E-state index contributed by atoms with van der Waals surface area (Å²) in [6.07, 6.45) is 11.1. The number of hydrogen-bond acceptors (Lipinski definition) is 1. The van der Waals surface area contributed by atoms with E-state index >= 15 is 0 Å². The van der Waals surface area contributed by atoms with Gasteiger partial charge in [0.05, 0.1) is 0 Å². The second-order valence-corrected chi connectivity index (χ2v) is 6.08. The van der Waals surface area contributed by atoms with E-state index in [0.29, 0.717) is 0 Å². The van der Waals surface area contributed by atoms with E-state index in [1.165, 1.54) is 63.5 Å². The summed E-state index contributed by atoms with van der Waals surface area (Å²) in [5.41, 5.74) is 1.47. The molecule has 0 aromatic heterocycles. The normalized spacial score (nSPS) is 18.4. The first-order valence-electron chi connectivity index (χ1n) is 8.13. The lowest BCUT2D eigenvalue weighted by Gasteiger charge is -2.28. The summed E-state index contributed by atoms with van der Waals surface area (Å²) >= 11 is 0. The third-order valence-corrected chi connectivity index (χ3v) is 4.56. The van der Waals surface area contributed by atoms with E-state index in [2.05, 4.69) is 42.6 Å². The highest BCUT2D eigenvalue weighted by molar-refractivity contribution is 5.14. The average molecular weight is 259 g/mol.